The van der Waals surface area contributed by atoms with E-state index in [-0.39, 0.29) is 76.5 Å². The van der Waals surface area contributed by atoms with Crippen molar-refractivity contribution in [2.45, 2.75) is 62.3 Å². The number of pyridine rings is 3. The maximum Gasteiger partial charge on any atom is 0.341 e. The number of carboxylic acid groups (broad SMARTS) is 2. The third-order valence-electron chi connectivity index (χ3n) is 8.05. The molecule has 4 rings (SSSR count). The Hall–Kier alpha value is -1.99. The molecule has 0 aliphatic carbocycles. The van der Waals surface area contributed by atoms with E-state index in [0.29, 0.717) is 16.6 Å². The van der Waals surface area contributed by atoms with E-state index in [9.17, 15) is 29.4 Å². The maximum atomic E-state index is 12.4. The smallest absolute Gasteiger partial charge is 0.341 e. The number of carbonyl (C=O) groups is 2. The molecule has 0 bridgehead atoms. The molecular weight excluding hydrogens is 662 g/mol. The van der Waals surface area contributed by atoms with E-state index in [4.69, 9.17) is 0 Å². The van der Waals surface area contributed by atoms with Crippen molar-refractivity contribution >= 4 is 28.4 Å². The SMILES string of the molecule is Cc1cc2c(C)c(C)c(C(=O)O)c(=O)n2c(C)c1C.Cc1cc2c(c(C)c1C)c(=O)c(C(=O)O)c(C)n2C.[Y].[Y]. The fraction of sp³-hybridized carbons (Fsp3) is 0.333. The van der Waals surface area contributed by atoms with Gasteiger partial charge in [-0.1, -0.05) is 0 Å². The van der Waals surface area contributed by atoms with Crippen LogP contribution in [0, 0.1) is 62.3 Å². The molecule has 0 saturated heterocycles. The fourth-order valence-electron chi connectivity index (χ4n) is 4.95. The average Bonchev–Trinajstić information content (AvgIpc) is 2.82. The van der Waals surface area contributed by atoms with Gasteiger partial charge in [0.1, 0.15) is 11.1 Å². The minimum absolute atomic E-state index is 0. The van der Waals surface area contributed by atoms with E-state index in [1.54, 1.807) is 25.5 Å². The van der Waals surface area contributed by atoms with Crippen LogP contribution in [0.3, 0.4) is 0 Å². The van der Waals surface area contributed by atoms with Gasteiger partial charge in [0.15, 0.2) is 0 Å². The van der Waals surface area contributed by atoms with Gasteiger partial charge in [-0.2, -0.15) is 0 Å². The molecule has 3 heterocycles. The predicted molar refractivity (Wildman–Crippen MR) is 149 cm³/mol. The minimum atomic E-state index is -1.17. The van der Waals surface area contributed by atoms with Gasteiger partial charge in [0.05, 0.1) is 11.0 Å². The van der Waals surface area contributed by atoms with Crippen LogP contribution in [0.4, 0.5) is 0 Å². The van der Waals surface area contributed by atoms with Gasteiger partial charge < -0.3 is 14.8 Å². The summed E-state index contributed by atoms with van der Waals surface area (Å²) in [5.74, 6) is -2.34. The van der Waals surface area contributed by atoms with E-state index in [1.165, 1.54) is 4.40 Å². The van der Waals surface area contributed by atoms with Crippen molar-refractivity contribution in [3.63, 3.8) is 0 Å². The van der Waals surface area contributed by atoms with Crippen LogP contribution < -0.4 is 11.0 Å². The van der Waals surface area contributed by atoms with Crippen LogP contribution in [0.15, 0.2) is 21.7 Å². The van der Waals surface area contributed by atoms with Crippen LogP contribution in [-0.2, 0) is 72.5 Å². The summed E-state index contributed by atoms with van der Waals surface area (Å²) in [5, 5.41) is 19.0. The Labute approximate surface area is 283 Å². The van der Waals surface area contributed by atoms with Gasteiger partial charge in [-0.15, -0.1) is 0 Å². The molecule has 1 aromatic carbocycles. The van der Waals surface area contributed by atoms with Crippen LogP contribution >= 0.6 is 0 Å². The van der Waals surface area contributed by atoms with Crippen molar-refractivity contribution in [2.24, 2.45) is 7.05 Å². The largest absolute Gasteiger partial charge is 0.477 e. The molecule has 3 aromatic heterocycles. The zero-order valence-electron chi connectivity index (χ0n) is 24.7. The number of aromatic nitrogens is 2. The zero-order valence-corrected chi connectivity index (χ0v) is 30.4. The van der Waals surface area contributed by atoms with E-state index < -0.39 is 22.9 Å². The molecular formula is C30H34N2O6Y2. The number of hydrogen-bond acceptors (Lipinski definition) is 4. The van der Waals surface area contributed by atoms with Crippen LogP contribution in [-0.4, -0.2) is 31.1 Å². The Morgan fingerprint density at radius 2 is 1.10 bits per heavy atom. The van der Waals surface area contributed by atoms with Crippen LogP contribution in [0.1, 0.15) is 71.0 Å². The first kappa shape index (κ1) is 36.0. The van der Waals surface area contributed by atoms with Gasteiger partial charge >= 0.3 is 11.9 Å². The molecule has 0 fully saturated rings. The number of nitrogens with zero attached hydrogens (tertiary/aromatic N) is 2. The van der Waals surface area contributed by atoms with Crippen LogP contribution in [0.25, 0.3) is 16.4 Å². The van der Waals surface area contributed by atoms with Gasteiger partial charge in [0.25, 0.3) is 5.56 Å². The van der Waals surface area contributed by atoms with E-state index in [2.05, 4.69) is 0 Å². The standard InChI is InChI=1S/2C15H17NO3.2Y/c1-7-6-12-9(3)10(4)13(15(18)19)14(17)16(12)11(5)8(7)2;1-7-6-11-12(9(3)8(7)2)14(17)13(15(18)19)10(4)16(11)5;;/h2*6H,1-5H3,(H,18,19);;. The zero-order chi connectivity index (χ0) is 29.0. The van der Waals surface area contributed by atoms with E-state index in [1.807, 2.05) is 60.6 Å². The van der Waals surface area contributed by atoms with Crippen molar-refractivity contribution in [1.82, 2.24) is 8.97 Å². The molecule has 2 N–H and O–H groups in total. The molecule has 0 spiro atoms. The van der Waals surface area contributed by atoms with Gasteiger partial charge in [0, 0.05) is 89.2 Å². The molecule has 0 aliphatic rings. The first-order valence-corrected chi connectivity index (χ1v) is 12.2. The maximum absolute atomic E-state index is 12.4. The predicted octanol–water partition coefficient (Wildman–Crippen LogP) is 5.01. The third-order valence-corrected chi connectivity index (χ3v) is 8.05. The molecule has 0 atom stereocenters. The summed E-state index contributed by atoms with van der Waals surface area (Å²) in [6, 6.07) is 3.88. The Morgan fingerprint density at radius 3 is 1.60 bits per heavy atom. The summed E-state index contributed by atoms with van der Waals surface area (Å²) in [5.41, 5.74) is 8.21. The third kappa shape index (κ3) is 5.97. The molecule has 10 heteroatoms. The normalized spacial score (nSPS) is 10.4. The van der Waals surface area contributed by atoms with Crippen molar-refractivity contribution < 1.29 is 85.2 Å². The Bertz CT molecular complexity index is 1680. The molecule has 0 unspecified atom stereocenters. The summed E-state index contributed by atoms with van der Waals surface area (Å²) in [6.45, 7) is 16.8. The second-order valence-electron chi connectivity index (χ2n) is 9.99. The number of hydrogen-bond donors (Lipinski definition) is 2. The molecule has 0 saturated carbocycles. The van der Waals surface area contributed by atoms with Crippen molar-refractivity contribution in [3.05, 3.63) is 94.2 Å². The number of benzene rings is 1. The molecule has 40 heavy (non-hydrogen) atoms. The number of rotatable bonds is 2. The van der Waals surface area contributed by atoms with Gasteiger partial charge in [-0.3, -0.25) is 14.0 Å². The Morgan fingerprint density at radius 1 is 0.625 bits per heavy atom. The molecule has 0 aliphatic heterocycles. The van der Waals surface area contributed by atoms with Gasteiger partial charge in [0.2, 0.25) is 5.43 Å². The van der Waals surface area contributed by atoms with Crippen molar-refractivity contribution in [3.8, 4) is 0 Å². The summed E-state index contributed by atoms with van der Waals surface area (Å²) in [6.07, 6.45) is 0. The topological polar surface area (TPSA) is 118 Å². The van der Waals surface area contributed by atoms with E-state index >= 15 is 0 Å². The quantitative estimate of drug-likeness (QED) is 0.305. The summed E-state index contributed by atoms with van der Waals surface area (Å²) < 4.78 is 3.29. The molecule has 0 amide bonds. The Kier molecular flexibility index (Phi) is 12.0. The van der Waals surface area contributed by atoms with Gasteiger partial charge in [-0.25, -0.2) is 9.59 Å². The second-order valence-corrected chi connectivity index (χ2v) is 9.99. The molecule has 206 valence electrons. The summed E-state index contributed by atoms with van der Waals surface area (Å²) in [4.78, 5) is 47.4. The number of carboxylic acids is 2. The second kappa shape index (κ2) is 13.3. The first-order chi connectivity index (χ1) is 17.5. The first-order valence-electron chi connectivity index (χ1n) is 12.2. The number of aryl methyl sites for hydroxylation is 6. The number of fused-ring (bicyclic) bond motifs is 2. The van der Waals surface area contributed by atoms with Crippen LogP contribution in [0.5, 0.6) is 0 Å². The van der Waals surface area contributed by atoms with E-state index in [0.717, 1.165) is 50.1 Å². The monoisotopic (exact) mass is 696 g/mol. The molecule has 2 radical (unpaired) electrons. The molecule has 8 nitrogen and oxygen atoms in total. The molecule has 4 aromatic rings. The summed E-state index contributed by atoms with van der Waals surface area (Å²) >= 11 is 0. The number of aromatic carboxylic acids is 2. The van der Waals surface area contributed by atoms with Crippen molar-refractivity contribution in [1.29, 1.82) is 0 Å². The Balaban J connectivity index is 0.000000381. The van der Waals surface area contributed by atoms with Crippen LogP contribution in [0.2, 0.25) is 0 Å². The average molecular weight is 696 g/mol. The fourth-order valence-corrected chi connectivity index (χ4v) is 4.95. The summed E-state index contributed by atoms with van der Waals surface area (Å²) in [7, 11) is 1.79. The van der Waals surface area contributed by atoms with Gasteiger partial charge in [-0.05, 0) is 113 Å². The van der Waals surface area contributed by atoms with Crippen molar-refractivity contribution in [2.75, 3.05) is 0 Å². The minimum Gasteiger partial charge on any atom is -0.477 e.